The average molecular weight is 521 g/mol. The maximum Gasteiger partial charge on any atom is 0.309 e. The number of aryl methyl sites for hydroxylation is 1. The van der Waals surface area contributed by atoms with Gasteiger partial charge in [0.25, 0.3) is 5.91 Å². The maximum atomic E-state index is 13.0. The van der Waals surface area contributed by atoms with Crippen LogP contribution in [0.5, 0.6) is 0 Å². The van der Waals surface area contributed by atoms with E-state index in [4.69, 9.17) is 4.99 Å². The van der Waals surface area contributed by atoms with Gasteiger partial charge in [0.2, 0.25) is 5.91 Å². The van der Waals surface area contributed by atoms with Gasteiger partial charge in [-0.3, -0.25) is 14.9 Å². The third-order valence-electron chi connectivity index (χ3n) is 9.31. The molecule has 0 bridgehead atoms. The molecule has 4 aliphatic heterocycles. The van der Waals surface area contributed by atoms with Gasteiger partial charge in [-0.25, -0.2) is 4.48 Å². The summed E-state index contributed by atoms with van der Waals surface area (Å²) < 4.78 is 0.757. The summed E-state index contributed by atoms with van der Waals surface area (Å²) in [4.78, 5) is 37.7. The molecular weight excluding hydrogens is 478 g/mol. The number of carbonyl (C=O) groups excluding carboxylic acids is 2. The third kappa shape index (κ3) is 4.82. The first-order chi connectivity index (χ1) is 18.3. The minimum atomic E-state index is 0.00631. The molecule has 0 radical (unpaired) electrons. The van der Waals surface area contributed by atoms with Gasteiger partial charge in [-0.05, 0) is 76.5 Å². The predicted octanol–water partition coefficient (Wildman–Crippen LogP) is 2.71. The molecule has 9 heteroatoms. The molecule has 0 aromatic heterocycles. The van der Waals surface area contributed by atoms with Crippen molar-refractivity contribution in [3.05, 3.63) is 40.8 Å². The van der Waals surface area contributed by atoms with Gasteiger partial charge in [-0.2, -0.15) is 4.99 Å². The number of anilines is 1. The molecule has 6 rings (SSSR count). The molecule has 1 spiro atoms. The number of quaternary nitrogens is 1. The normalized spacial score (nSPS) is 24.4. The molecule has 5 aliphatic rings. The van der Waals surface area contributed by atoms with Gasteiger partial charge in [-0.15, -0.1) is 0 Å². The van der Waals surface area contributed by atoms with Crippen LogP contribution >= 0.6 is 0 Å². The lowest BCUT2D eigenvalue weighted by Gasteiger charge is -2.35. The molecule has 4 heterocycles. The summed E-state index contributed by atoms with van der Waals surface area (Å²) in [6.07, 6.45) is 7.38. The molecule has 1 saturated carbocycles. The highest BCUT2D eigenvalue weighted by atomic mass is 16.2. The van der Waals surface area contributed by atoms with Gasteiger partial charge in [0, 0.05) is 43.3 Å². The van der Waals surface area contributed by atoms with Gasteiger partial charge in [-0.1, -0.05) is 12.8 Å². The number of hydrogen-bond acceptors (Lipinski definition) is 6. The van der Waals surface area contributed by atoms with Crippen molar-refractivity contribution in [2.24, 2.45) is 4.99 Å². The second-order valence-corrected chi connectivity index (χ2v) is 12.0. The summed E-state index contributed by atoms with van der Waals surface area (Å²) >= 11 is 0. The van der Waals surface area contributed by atoms with Crippen molar-refractivity contribution in [2.75, 3.05) is 58.7 Å². The Kier molecular flexibility index (Phi) is 6.68. The van der Waals surface area contributed by atoms with E-state index in [0.29, 0.717) is 18.0 Å². The topological polar surface area (TPSA) is 80.3 Å². The van der Waals surface area contributed by atoms with Gasteiger partial charge in [0.15, 0.2) is 5.82 Å². The van der Waals surface area contributed by atoms with Gasteiger partial charge >= 0.3 is 5.96 Å². The Morgan fingerprint density at radius 2 is 1.79 bits per heavy atom. The minimum absolute atomic E-state index is 0.00631. The molecule has 38 heavy (non-hydrogen) atoms. The number of rotatable bonds is 4. The molecule has 2 amide bonds. The van der Waals surface area contributed by atoms with E-state index >= 15 is 0 Å². The fraction of sp³-hybridized carbons (Fsp3) is 0.621. The maximum absolute atomic E-state index is 13.0. The van der Waals surface area contributed by atoms with Crippen LogP contribution in [0.2, 0.25) is 0 Å². The third-order valence-corrected chi connectivity index (χ3v) is 9.31. The number of likely N-dealkylation sites (tertiary alicyclic amines) is 1. The molecule has 0 atom stereocenters. The van der Waals surface area contributed by atoms with Crippen LogP contribution in [0.4, 0.5) is 5.69 Å². The second-order valence-electron chi connectivity index (χ2n) is 12.0. The zero-order valence-corrected chi connectivity index (χ0v) is 23.1. The van der Waals surface area contributed by atoms with Crippen molar-refractivity contribution in [1.29, 1.82) is 0 Å². The fourth-order valence-electron chi connectivity index (χ4n) is 6.53. The molecule has 3 fully saturated rings. The van der Waals surface area contributed by atoms with E-state index in [1.54, 1.807) is 0 Å². The highest BCUT2D eigenvalue weighted by molar-refractivity contribution is 5.97. The number of nitrogens with zero attached hydrogens (tertiary/aromatic N) is 5. The SMILES string of the molecule is Cc1cc(C(=O)NC2CCN(C)CC2)ccc1NC1=NC2=C(C[N+]13CC3)N(C)C(=O)CCN2C1CCCC1. The van der Waals surface area contributed by atoms with E-state index in [-0.39, 0.29) is 17.9 Å². The quantitative estimate of drug-likeness (QED) is 0.472. The first-order valence-corrected chi connectivity index (χ1v) is 14.4. The Balaban J connectivity index is 1.24. The van der Waals surface area contributed by atoms with Crippen molar-refractivity contribution in [1.82, 2.24) is 20.0 Å². The van der Waals surface area contributed by atoms with E-state index in [2.05, 4.69) is 34.4 Å². The summed E-state index contributed by atoms with van der Waals surface area (Å²) in [5, 5.41) is 6.89. The summed E-state index contributed by atoms with van der Waals surface area (Å²) in [6, 6.07) is 6.63. The van der Waals surface area contributed by atoms with Crippen LogP contribution in [-0.4, -0.2) is 102 Å². The zero-order chi connectivity index (χ0) is 26.4. The number of carbonyl (C=O) groups is 2. The number of amides is 2. The monoisotopic (exact) mass is 520 g/mol. The van der Waals surface area contributed by atoms with Crippen LogP contribution in [0.15, 0.2) is 34.7 Å². The Labute approximate surface area is 226 Å². The van der Waals surface area contributed by atoms with E-state index in [1.807, 2.05) is 30.1 Å². The Bertz CT molecular complexity index is 1170. The van der Waals surface area contributed by atoms with Crippen LogP contribution in [0.1, 0.15) is 60.9 Å². The number of benzene rings is 1. The molecule has 2 saturated heterocycles. The van der Waals surface area contributed by atoms with Gasteiger partial charge < -0.3 is 20.0 Å². The minimum Gasteiger partial charge on any atom is -0.351 e. The molecule has 204 valence electrons. The largest absolute Gasteiger partial charge is 0.351 e. The first kappa shape index (κ1) is 25.4. The number of aliphatic imine (C=N–C) groups is 1. The van der Waals surface area contributed by atoms with Gasteiger partial charge in [0.05, 0.1) is 0 Å². The summed E-state index contributed by atoms with van der Waals surface area (Å²) in [6.45, 7) is 7.67. The lowest BCUT2D eigenvalue weighted by atomic mass is 10.0. The molecule has 0 unspecified atom stereocenters. The number of guanidine groups is 1. The lowest BCUT2D eigenvalue weighted by molar-refractivity contribution is -0.696. The summed E-state index contributed by atoms with van der Waals surface area (Å²) in [5.74, 6) is 2.14. The van der Waals surface area contributed by atoms with Gasteiger partial charge in [0.1, 0.15) is 25.3 Å². The van der Waals surface area contributed by atoms with Crippen LogP contribution in [0.3, 0.4) is 0 Å². The summed E-state index contributed by atoms with van der Waals surface area (Å²) in [7, 11) is 4.05. The van der Waals surface area contributed by atoms with E-state index in [1.165, 1.54) is 25.7 Å². The van der Waals surface area contributed by atoms with E-state index < -0.39 is 0 Å². The Morgan fingerprint density at radius 3 is 2.47 bits per heavy atom. The van der Waals surface area contributed by atoms with Crippen LogP contribution in [-0.2, 0) is 4.79 Å². The van der Waals surface area contributed by atoms with Crippen LogP contribution in [0, 0.1) is 6.92 Å². The predicted molar refractivity (Wildman–Crippen MR) is 148 cm³/mol. The highest BCUT2D eigenvalue weighted by Gasteiger charge is 2.53. The molecule has 2 N–H and O–H groups in total. The highest BCUT2D eigenvalue weighted by Crippen LogP contribution is 2.38. The van der Waals surface area contributed by atoms with Crippen molar-refractivity contribution >= 4 is 23.5 Å². The molecular formula is C29H42N7O2+. The smallest absolute Gasteiger partial charge is 0.309 e. The number of piperidine rings is 1. The van der Waals surface area contributed by atoms with Crippen molar-refractivity contribution < 1.29 is 14.1 Å². The fourth-order valence-corrected chi connectivity index (χ4v) is 6.53. The number of hydrogen-bond donors (Lipinski definition) is 2. The average Bonchev–Trinajstić information content (AvgIpc) is 3.50. The summed E-state index contributed by atoms with van der Waals surface area (Å²) in [5.41, 5.74) is 3.79. The van der Waals surface area contributed by atoms with Crippen LogP contribution < -0.4 is 10.6 Å². The second kappa shape index (κ2) is 10.0. The number of nitrogens with one attached hydrogen (secondary N) is 2. The first-order valence-electron chi connectivity index (χ1n) is 14.4. The zero-order valence-electron chi connectivity index (χ0n) is 23.1. The van der Waals surface area contributed by atoms with Crippen molar-refractivity contribution in [2.45, 2.75) is 64.0 Å². The molecule has 1 aliphatic carbocycles. The standard InChI is InChI=1S/C29H41N7O2/c1-20-18-21(28(38)30-22-10-13-33(2)14-11-22)8-9-24(20)31-29-32-27-25(19-36(29)16-17-36)34(3)26(37)12-15-35(27)23-6-4-5-7-23/h8-9,18,22-23H,4-7,10-17,19H2,1-3H3,(H-,30,31,32,38)/p+1. The molecule has 1 aromatic rings. The van der Waals surface area contributed by atoms with E-state index in [9.17, 15) is 9.59 Å². The van der Waals surface area contributed by atoms with Crippen molar-refractivity contribution in [3.8, 4) is 0 Å². The van der Waals surface area contributed by atoms with E-state index in [0.717, 1.165) is 85.3 Å². The number of likely N-dealkylation sites (N-methyl/N-ethyl adjacent to an activating group) is 1. The molecule has 9 nitrogen and oxygen atoms in total. The van der Waals surface area contributed by atoms with Crippen LogP contribution in [0.25, 0.3) is 0 Å². The Morgan fingerprint density at radius 1 is 1.05 bits per heavy atom. The molecule has 1 aromatic carbocycles. The lowest BCUT2D eigenvalue weighted by Crippen LogP contribution is -2.48. The Hall–Kier alpha value is -2.91. The van der Waals surface area contributed by atoms with Crippen molar-refractivity contribution in [3.63, 3.8) is 0 Å².